The summed E-state index contributed by atoms with van der Waals surface area (Å²) in [6, 6.07) is 9.66. The molecule has 27 heavy (non-hydrogen) atoms. The topological polar surface area (TPSA) is 59.1 Å². The van der Waals surface area contributed by atoms with Gasteiger partial charge in [0.1, 0.15) is 6.61 Å². The van der Waals surface area contributed by atoms with Crippen LogP contribution < -0.4 is 0 Å². The highest BCUT2D eigenvalue weighted by Crippen LogP contribution is 2.28. The number of hydrogen-bond acceptors (Lipinski definition) is 4. The smallest absolute Gasteiger partial charge is 0.410 e. The van der Waals surface area contributed by atoms with Gasteiger partial charge in [0.05, 0.1) is 6.10 Å². The molecule has 2 aliphatic rings. The lowest BCUT2D eigenvalue weighted by atomic mass is 9.86. The van der Waals surface area contributed by atoms with Crippen molar-refractivity contribution in [3.63, 3.8) is 0 Å². The van der Waals surface area contributed by atoms with Gasteiger partial charge in [-0.2, -0.15) is 0 Å². The van der Waals surface area contributed by atoms with Crippen LogP contribution in [-0.2, 0) is 20.9 Å². The van der Waals surface area contributed by atoms with Crippen molar-refractivity contribution in [2.75, 3.05) is 32.8 Å². The van der Waals surface area contributed by atoms with Crippen LogP contribution in [0.2, 0.25) is 0 Å². The fourth-order valence-electron chi connectivity index (χ4n) is 3.89. The fourth-order valence-corrected chi connectivity index (χ4v) is 3.89. The van der Waals surface area contributed by atoms with Crippen LogP contribution in [0.3, 0.4) is 0 Å². The van der Waals surface area contributed by atoms with Crippen LogP contribution >= 0.6 is 0 Å². The zero-order valence-corrected chi connectivity index (χ0v) is 16.1. The van der Waals surface area contributed by atoms with Crippen LogP contribution in [0.15, 0.2) is 30.3 Å². The molecule has 0 atom stereocenters. The van der Waals surface area contributed by atoms with E-state index in [1.807, 2.05) is 42.2 Å². The van der Waals surface area contributed by atoms with Crippen molar-refractivity contribution in [1.82, 2.24) is 9.80 Å². The Morgan fingerprint density at radius 1 is 0.963 bits per heavy atom. The zero-order chi connectivity index (χ0) is 19.1. The first kappa shape index (κ1) is 19.7. The van der Waals surface area contributed by atoms with Crippen LogP contribution in [-0.4, -0.2) is 60.7 Å². The molecule has 1 aliphatic heterocycles. The van der Waals surface area contributed by atoms with Crippen molar-refractivity contribution in [3.8, 4) is 0 Å². The Bertz CT molecular complexity index is 606. The van der Waals surface area contributed by atoms with Crippen LogP contribution in [0.5, 0.6) is 0 Å². The van der Waals surface area contributed by atoms with Gasteiger partial charge in [0, 0.05) is 38.7 Å². The second-order valence-electron chi connectivity index (χ2n) is 7.28. The molecule has 0 N–H and O–H groups in total. The van der Waals surface area contributed by atoms with Gasteiger partial charge in [-0.15, -0.1) is 0 Å². The average molecular weight is 374 g/mol. The first-order valence-electron chi connectivity index (χ1n) is 10.0. The number of nitrogens with zero attached hydrogens (tertiary/aromatic N) is 2. The molecule has 1 saturated carbocycles. The third-order valence-electron chi connectivity index (χ3n) is 5.48. The second-order valence-corrected chi connectivity index (χ2v) is 7.28. The van der Waals surface area contributed by atoms with E-state index in [4.69, 9.17) is 9.47 Å². The van der Waals surface area contributed by atoms with Crippen LogP contribution in [0.1, 0.15) is 38.2 Å². The van der Waals surface area contributed by atoms with E-state index in [0.29, 0.717) is 32.3 Å². The van der Waals surface area contributed by atoms with E-state index in [0.717, 1.165) is 37.9 Å². The van der Waals surface area contributed by atoms with Gasteiger partial charge in [-0.3, -0.25) is 4.79 Å². The largest absolute Gasteiger partial charge is 0.445 e. The number of ether oxygens (including phenoxy) is 2. The molecule has 6 heteroatoms. The minimum atomic E-state index is -0.303. The third kappa shape index (κ3) is 5.45. The second kappa shape index (κ2) is 9.74. The minimum Gasteiger partial charge on any atom is -0.445 e. The highest BCUT2D eigenvalue weighted by Gasteiger charge is 2.32. The molecule has 3 rings (SSSR count). The molecule has 1 aliphatic carbocycles. The van der Waals surface area contributed by atoms with E-state index in [9.17, 15) is 9.59 Å². The fraction of sp³-hybridized carbons (Fsp3) is 0.619. The standard InChI is InChI=1S/C21H30N2O4/c1-2-26-19-10-8-18(9-11-19)20(24)22-12-14-23(15-13-22)21(25)27-16-17-6-4-3-5-7-17/h3-7,18-19H,2,8-16H2,1H3. The minimum absolute atomic E-state index is 0.110. The molecule has 0 spiro atoms. The Balaban J connectivity index is 1.39. The molecule has 1 aromatic rings. The summed E-state index contributed by atoms with van der Waals surface area (Å²) in [5, 5.41) is 0. The maximum absolute atomic E-state index is 12.8. The van der Waals surface area contributed by atoms with Gasteiger partial charge < -0.3 is 19.3 Å². The monoisotopic (exact) mass is 374 g/mol. The summed E-state index contributed by atoms with van der Waals surface area (Å²) < 4.78 is 11.1. The number of carbonyl (C=O) groups excluding carboxylic acids is 2. The van der Waals surface area contributed by atoms with Gasteiger partial charge >= 0.3 is 6.09 Å². The molecule has 0 unspecified atom stereocenters. The van der Waals surface area contributed by atoms with E-state index in [1.165, 1.54) is 0 Å². The number of amides is 2. The Labute approximate surface area is 161 Å². The predicted octanol–water partition coefficient (Wildman–Crippen LogP) is 3.06. The first-order chi connectivity index (χ1) is 13.2. The normalized spacial score (nSPS) is 23.1. The van der Waals surface area contributed by atoms with E-state index < -0.39 is 0 Å². The van der Waals surface area contributed by atoms with Gasteiger partial charge in [-0.25, -0.2) is 4.79 Å². The van der Waals surface area contributed by atoms with Gasteiger partial charge in [0.25, 0.3) is 0 Å². The zero-order valence-electron chi connectivity index (χ0n) is 16.1. The van der Waals surface area contributed by atoms with E-state index in [2.05, 4.69) is 0 Å². The lowest BCUT2D eigenvalue weighted by Gasteiger charge is -2.37. The molecular formula is C21H30N2O4. The number of rotatable bonds is 5. The Morgan fingerprint density at radius 3 is 2.22 bits per heavy atom. The molecule has 6 nitrogen and oxygen atoms in total. The average Bonchev–Trinajstić information content (AvgIpc) is 2.73. The Hall–Kier alpha value is -2.08. The molecule has 0 radical (unpaired) electrons. The van der Waals surface area contributed by atoms with Crippen LogP contribution in [0.4, 0.5) is 4.79 Å². The SMILES string of the molecule is CCOC1CCC(C(=O)N2CCN(C(=O)OCc3ccccc3)CC2)CC1. The highest BCUT2D eigenvalue weighted by atomic mass is 16.6. The van der Waals surface area contributed by atoms with Crippen LogP contribution in [0.25, 0.3) is 0 Å². The van der Waals surface area contributed by atoms with E-state index >= 15 is 0 Å². The number of benzene rings is 1. The lowest BCUT2D eigenvalue weighted by Crippen LogP contribution is -2.52. The van der Waals surface area contributed by atoms with E-state index in [1.54, 1.807) is 4.90 Å². The van der Waals surface area contributed by atoms with Crippen molar-refractivity contribution < 1.29 is 19.1 Å². The van der Waals surface area contributed by atoms with Gasteiger partial charge in [0.2, 0.25) is 5.91 Å². The molecule has 2 amide bonds. The quantitative estimate of drug-likeness (QED) is 0.795. The molecule has 0 aromatic heterocycles. The van der Waals surface area contributed by atoms with Crippen molar-refractivity contribution in [3.05, 3.63) is 35.9 Å². The van der Waals surface area contributed by atoms with Crippen molar-refractivity contribution in [1.29, 1.82) is 0 Å². The number of piperazine rings is 1. The van der Waals surface area contributed by atoms with Gasteiger partial charge in [0.15, 0.2) is 0 Å². The summed E-state index contributed by atoms with van der Waals surface area (Å²) in [6.45, 7) is 5.28. The molecule has 1 aromatic carbocycles. The lowest BCUT2D eigenvalue weighted by molar-refractivity contribution is -0.139. The van der Waals surface area contributed by atoms with Crippen LogP contribution in [0, 0.1) is 5.92 Å². The molecule has 0 bridgehead atoms. The maximum Gasteiger partial charge on any atom is 0.410 e. The maximum atomic E-state index is 12.8. The van der Waals surface area contributed by atoms with Crippen molar-refractivity contribution >= 4 is 12.0 Å². The summed E-state index contributed by atoms with van der Waals surface area (Å²) in [7, 11) is 0. The summed E-state index contributed by atoms with van der Waals surface area (Å²) >= 11 is 0. The molecular weight excluding hydrogens is 344 g/mol. The van der Waals surface area contributed by atoms with Crippen molar-refractivity contribution in [2.45, 2.75) is 45.3 Å². The van der Waals surface area contributed by atoms with Gasteiger partial charge in [-0.05, 0) is 38.2 Å². The Morgan fingerprint density at radius 2 is 1.59 bits per heavy atom. The molecule has 1 saturated heterocycles. The summed E-state index contributed by atoms with van der Waals surface area (Å²) in [5.74, 6) is 0.348. The molecule has 1 heterocycles. The van der Waals surface area contributed by atoms with E-state index in [-0.39, 0.29) is 24.5 Å². The number of hydrogen-bond donors (Lipinski definition) is 0. The summed E-state index contributed by atoms with van der Waals surface area (Å²) in [4.78, 5) is 28.6. The predicted molar refractivity (Wildman–Crippen MR) is 102 cm³/mol. The summed E-state index contributed by atoms with van der Waals surface area (Å²) in [5.41, 5.74) is 0.974. The highest BCUT2D eigenvalue weighted by molar-refractivity contribution is 5.79. The Kier molecular flexibility index (Phi) is 7.10. The van der Waals surface area contributed by atoms with Gasteiger partial charge in [-0.1, -0.05) is 30.3 Å². The van der Waals surface area contributed by atoms with Crippen molar-refractivity contribution in [2.24, 2.45) is 5.92 Å². The summed E-state index contributed by atoms with van der Waals surface area (Å²) in [6.07, 6.45) is 3.76. The number of carbonyl (C=O) groups is 2. The molecule has 148 valence electrons. The third-order valence-corrected chi connectivity index (χ3v) is 5.48. The molecule has 2 fully saturated rings. The first-order valence-corrected chi connectivity index (χ1v) is 10.0.